The van der Waals surface area contributed by atoms with Gasteiger partial charge in [-0.15, -0.1) is 0 Å². The average Bonchev–Trinajstić information content (AvgIpc) is 3.28. The van der Waals surface area contributed by atoms with Gasteiger partial charge >= 0.3 is 0 Å². The van der Waals surface area contributed by atoms with Gasteiger partial charge in [-0.25, -0.2) is 9.97 Å². The van der Waals surface area contributed by atoms with Crippen molar-refractivity contribution in [2.24, 2.45) is 0 Å². The average molecular weight is 351 g/mol. The van der Waals surface area contributed by atoms with Crippen molar-refractivity contribution >= 4 is 10.9 Å². The smallest absolute Gasteiger partial charge is 0.256 e. The van der Waals surface area contributed by atoms with Crippen molar-refractivity contribution in [3.63, 3.8) is 0 Å². The number of hydrogen-bond acceptors (Lipinski definition) is 6. The Morgan fingerprint density at radius 2 is 2.00 bits per heavy atom. The lowest BCUT2D eigenvalue weighted by Crippen LogP contribution is -1.96. The molecule has 0 saturated heterocycles. The lowest BCUT2D eigenvalue weighted by Gasteiger charge is -2.08. The van der Waals surface area contributed by atoms with E-state index < -0.39 is 0 Å². The molecule has 132 valence electrons. The number of H-pyrrole nitrogens is 1. The predicted molar refractivity (Wildman–Crippen MR) is 96.0 cm³/mol. The van der Waals surface area contributed by atoms with Crippen molar-refractivity contribution < 1.29 is 14.6 Å². The van der Waals surface area contributed by atoms with E-state index in [9.17, 15) is 5.11 Å². The van der Waals surface area contributed by atoms with Crippen molar-refractivity contribution in [2.75, 3.05) is 14.2 Å². The Morgan fingerprint density at radius 1 is 1.15 bits per heavy atom. The molecule has 0 fully saturated rings. The first-order valence-corrected chi connectivity index (χ1v) is 7.93. The van der Waals surface area contributed by atoms with Crippen LogP contribution in [0.4, 0.5) is 0 Å². The highest BCUT2D eigenvalue weighted by atomic mass is 16.5. The first kappa shape index (κ1) is 15.9. The molecule has 0 unspecified atom stereocenters. The highest BCUT2D eigenvalue weighted by Gasteiger charge is 2.18. The van der Waals surface area contributed by atoms with E-state index in [1.807, 2.05) is 25.1 Å². The first-order chi connectivity index (χ1) is 12.6. The van der Waals surface area contributed by atoms with Gasteiger partial charge in [-0.2, -0.15) is 5.10 Å². The molecule has 0 aliphatic carbocycles. The van der Waals surface area contributed by atoms with Gasteiger partial charge in [0.25, 0.3) is 5.88 Å². The Kier molecular flexibility index (Phi) is 3.72. The van der Waals surface area contributed by atoms with E-state index in [-0.39, 0.29) is 5.88 Å². The van der Waals surface area contributed by atoms with Gasteiger partial charge in [-0.1, -0.05) is 0 Å². The van der Waals surface area contributed by atoms with Crippen LogP contribution in [-0.4, -0.2) is 44.1 Å². The Morgan fingerprint density at radius 3 is 2.69 bits per heavy atom. The summed E-state index contributed by atoms with van der Waals surface area (Å²) in [4.78, 5) is 8.97. The standard InChI is InChI=1S/C18H17N5O3/c1-10-16-12(18(24)23(10)15-6-7-20-22-15)4-5-13(21-16)11-8-14(25-2)17(26-3)19-9-11/h4-9,24H,1-3H3,(H,20,22). The molecule has 0 bridgehead atoms. The van der Waals surface area contributed by atoms with Gasteiger partial charge in [0.2, 0.25) is 5.88 Å². The van der Waals surface area contributed by atoms with Gasteiger partial charge in [-0.05, 0) is 25.1 Å². The molecule has 0 aliphatic heterocycles. The lowest BCUT2D eigenvalue weighted by atomic mass is 10.1. The molecule has 4 aromatic rings. The number of nitrogens with zero attached hydrogens (tertiary/aromatic N) is 4. The van der Waals surface area contributed by atoms with E-state index in [0.29, 0.717) is 28.4 Å². The lowest BCUT2D eigenvalue weighted by molar-refractivity contribution is 0.343. The second-order valence-electron chi connectivity index (χ2n) is 5.71. The van der Waals surface area contributed by atoms with Gasteiger partial charge in [-0.3, -0.25) is 9.67 Å². The SMILES string of the molecule is COc1cc(-c2ccc3c(O)n(-c4ccn[nH]4)c(C)c3n2)cnc1OC. The largest absolute Gasteiger partial charge is 0.494 e. The molecule has 0 radical (unpaired) electrons. The number of aromatic hydroxyl groups is 1. The zero-order valence-electron chi connectivity index (χ0n) is 14.5. The Bertz CT molecular complexity index is 1090. The topological polar surface area (TPSA) is 98.1 Å². The summed E-state index contributed by atoms with van der Waals surface area (Å²) in [7, 11) is 3.10. The number of methoxy groups -OCH3 is 2. The third-order valence-corrected chi connectivity index (χ3v) is 4.28. The summed E-state index contributed by atoms with van der Waals surface area (Å²) in [5, 5.41) is 18.0. The molecular weight excluding hydrogens is 334 g/mol. The molecule has 0 aliphatic rings. The molecule has 0 aromatic carbocycles. The van der Waals surface area contributed by atoms with Crippen LogP contribution in [0.25, 0.3) is 28.0 Å². The number of aromatic amines is 1. The monoisotopic (exact) mass is 351 g/mol. The molecule has 2 N–H and O–H groups in total. The van der Waals surface area contributed by atoms with E-state index >= 15 is 0 Å². The Labute approximate surface area is 149 Å². The molecule has 8 heteroatoms. The molecule has 0 saturated carbocycles. The fourth-order valence-corrected chi connectivity index (χ4v) is 3.00. The van der Waals surface area contributed by atoms with Crippen LogP contribution < -0.4 is 9.47 Å². The third kappa shape index (κ3) is 2.34. The zero-order valence-corrected chi connectivity index (χ0v) is 14.5. The molecule has 4 aromatic heterocycles. The van der Waals surface area contributed by atoms with Gasteiger partial charge in [0, 0.05) is 17.8 Å². The van der Waals surface area contributed by atoms with E-state index in [1.54, 1.807) is 37.2 Å². The molecule has 0 amide bonds. The molecule has 4 heterocycles. The first-order valence-electron chi connectivity index (χ1n) is 7.93. The number of hydrogen-bond donors (Lipinski definition) is 2. The summed E-state index contributed by atoms with van der Waals surface area (Å²) in [6, 6.07) is 7.27. The van der Waals surface area contributed by atoms with E-state index in [0.717, 1.165) is 17.0 Å². The molecule has 26 heavy (non-hydrogen) atoms. The summed E-state index contributed by atoms with van der Waals surface area (Å²) < 4.78 is 12.2. The fourth-order valence-electron chi connectivity index (χ4n) is 3.00. The third-order valence-electron chi connectivity index (χ3n) is 4.28. The van der Waals surface area contributed by atoms with Gasteiger partial charge in [0.1, 0.15) is 5.82 Å². The van der Waals surface area contributed by atoms with Gasteiger partial charge in [0.05, 0.1) is 42.7 Å². The van der Waals surface area contributed by atoms with Crippen LogP contribution in [0.3, 0.4) is 0 Å². The maximum Gasteiger partial charge on any atom is 0.256 e. The summed E-state index contributed by atoms with van der Waals surface area (Å²) >= 11 is 0. The number of ether oxygens (including phenoxy) is 2. The Balaban J connectivity index is 1.88. The highest BCUT2D eigenvalue weighted by Crippen LogP contribution is 2.35. The van der Waals surface area contributed by atoms with Gasteiger partial charge in [0.15, 0.2) is 5.75 Å². The molecular formula is C18H17N5O3. The summed E-state index contributed by atoms with van der Waals surface area (Å²) in [5.74, 6) is 1.73. The number of fused-ring (bicyclic) bond motifs is 1. The molecule has 4 rings (SSSR count). The second kappa shape index (κ2) is 6.07. The minimum atomic E-state index is 0.117. The quantitative estimate of drug-likeness (QED) is 0.587. The molecule has 0 spiro atoms. The number of rotatable bonds is 4. The van der Waals surface area contributed by atoms with Crippen molar-refractivity contribution in [3.05, 3.63) is 42.4 Å². The van der Waals surface area contributed by atoms with Crippen LogP contribution in [0, 0.1) is 6.92 Å². The van der Waals surface area contributed by atoms with Crippen molar-refractivity contribution in [2.45, 2.75) is 6.92 Å². The number of pyridine rings is 2. The fraction of sp³-hybridized carbons (Fsp3) is 0.167. The van der Waals surface area contributed by atoms with Crippen LogP contribution >= 0.6 is 0 Å². The number of aryl methyl sites for hydroxylation is 1. The molecule has 8 nitrogen and oxygen atoms in total. The van der Waals surface area contributed by atoms with Crippen molar-refractivity contribution in [1.82, 2.24) is 24.7 Å². The van der Waals surface area contributed by atoms with Crippen molar-refractivity contribution in [3.8, 4) is 34.6 Å². The van der Waals surface area contributed by atoms with Gasteiger partial charge < -0.3 is 14.6 Å². The minimum Gasteiger partial charge on any atom is -0.494 e. The normalized spacial score (nSPS) is 11.0. The van der Waals surface area contributed by atoms with Crippen LogP contribution in [0.1, 0.15) is 5.69 Å². The maximum atomic E-state index is 10.6. The number of nitrogens with one attached hydrogen (secondary N) is 1. The van der Waals surface area contributed by atoms with Crippen LogP contribution in [-0.2, 0) is 0 Å². The van der Waals surface area contributed by atoms with E-state index in [2.05, 4.69) is 15.2 Å². The summed E-state index contributed by atoms with van der Waals surface area (Å²) in [5.41, 5.74) is 3.01. The van der Waals surface area contributed by atoms with Crippen LogP contribution in [0.15, 0.2) is 36.7 Å². The van der Waals surface area contributed by atoms with E-state index in [4.69, 9.17) is 14.5 Å². The maximum absolute atomic E-state index is 10.6. The highest BCUT2D eigenvalue weighted by molar-refractivity contribution is 5.90. The predicted octanol–water partition coefficient (Wildman–Crippen LogP) is 2.84. The molecule has 0 atom stereocenters. The summed E-state index contributed by atoms with van der Waals surface area (Å²) in [6.07, 6.45) is 3.31. The Hall–Kier alpha value is -3.55. The zero-order chi connectivity index (χ0) is 18.3. The van der Waals surface area contributed by atoms with E-state index in [1.165, 1.54) is 0 Å². The second-order valence-corrected chi connectivity index (χ2v) is 5.71. The van der Waals surface area contributed by atoms with Crippen LogP contribution in [0.5, 0.6) is 17.5 Å². The number of aromatic nitrogens is 5. The minimum absolute atomic E-state index is 0.117. The van der Waals surface area contributed by atoms with Crippen molar-refractivity contribution in [1.29, 1.82) is 0 Å². The van der Waals surface area contributed by atoms with Crippen LogP contribution in [0.2, 0.25) is 0 Å². The summed E-state index contributed by atoms with van der Waals surface area (Å²) in [6.45, 7) is 1.90.